The average molecular weight is 524 g/mol. The highest BCUT2D eigenvalue weighted by molar-refractivity contribution is 7.89. The van der Waals surface area contributed by atoms with Gasteiger partial charge in [-0.05, 0) is 49.4 Å². The Kier molecular flexibility index (Phi) is 8.69. The van der Waals surface area contributed by atoms with Crippen molar-refractivity contribution in [2.24, 2.45) is 5.92 Å². The number of aliphatic hydroxyl groups excluding tert-OH is 1. The summed E-state index contributed by atoms with van der Waals surface area (Å²) >= 11 is 5.93. The minimum absolute atomic E-state index is 0.0799. The number of hydrogen-bond donors (Lipinski definition) is 1. The quantitative estimate of drug-likeness (QED) is 0.600. The maximum atomic E-state index is 13.2. The first kappa shape index (κ1) is 27.3. The molecule has 10 heteroatoms. The van der Waals surface area contributed by atoms with Gasteiger partial charge in [0, 0.05) is 49.9 Å². The summed E-state index contributed by atoms with van der Waals surface area (Å²) in [6.07, 6.45) is -0.412. The van der Waals surface area contributed by atoms with Crippen LogP contribution in [0.4, 0.5) is 5.69 Å². The number of aliphatic hydroxyl groups is 1. The number of nitrogens with zero attached hydrogens (tertiary/aromatic N) is 3. The molecular weight excluding hydrogens is 490 g/mol. The lowest BCUT2D eigenvalue weighted by atomic mass is 10.0. The van der Waals surface area contributed by atoms with E-state index in [0.717, 1.165) is 11.3 Å². The number of fused-ring (bicyclic) bond motifs is 1. The van der Waals surface area contributed by atoms with Crippen molar-refractivity contribution in [3.8, 4) is 5.75 Å². The molecule has 1 aliphatic heterocycles. The van der Waals surface area contributed by atoms with Gasteiger partial charge in [-0.1, -0.05) is 18.5 Å². The lowest BCUT2D eigenvalue weighted by Gasteiger charge is -2.33. The van der Waals surface area contributed by atoms with Crippen LogP contribution in [0.5, 0.6) is 5.75 Å². The number of likely N-dealkylation sites (N-methyl/N-ethyl adjacent to an activating group) is 1. The highest BCUT2D eigenvalue weighted by Gasteiger charge is 2.33. The molecule has 2 aromatic rings. The first-order chi connectivity index (χ1) is 16.4. The first-order valence-corrected chi connectivity index (χ1v) is 13.3. The van der Waals surface area contributed by atoms with E-state index in [4.69, 9.17) is 16.3 Å². The second-order valence-corrected chi connectivity index (χ2v) is 11.8. The number of benzene rings is 2. The summed E-state index contributed by atoms with van der Waals surface area (Å²) < 4.78 is 34.1. The molecule has 0 radical (unpaired) electrons. The Bertz CT molecular complexity index is 1140. The number of anilines is 1. The van der Waals surface area contributed by atoms with Crippen molar-refractivity contribution in [3.63, 3.8) is 0 Å². The highest BCUT2D eigenvalue weighted by atomic mass is 35.5. The number of carbonyl (C=O) groups is 1. The van der Waals surface area contributed by atoms with Crippen molar-refractivity contribution in [2.45, 2.75) is 37.3 Å². The molecule has 0 bridgehead atoms. The summed E-state index contributed by atoms with van der Waals surface area (Å²) in [6, 6.07) is 11.3. The maximum absolute atomic E-state index is 13.2. The molecule has 1 N–H and O–H groups in total. The molecule has 0 spiro atoms. The van der Waals surface area contributed by atoms with Gasteiger partial charge in [0.2, 0.25) is 15.9 Å². The van der Waals surface area contributed by atoms with Crippen LogP contribution in [0.15, 0.2) is 47.4 Å². The lowest BCUT2D eigenvalue weighted by Crippen LogP contribution is -2.48. The van der Waals surface area contributed by atoms with Crippen molar-refractivity contribution in [1.29, 1.82) is 0 Å². The van der Waals surface area contributed by atoms with Crippen molar-refractivity contribution in [3.05, 3.63) is 53.1 Å². The molecular formula is C25H34ClN3O5S. The van der Waals surface area contributed by atoms with E-state index in [9.17, 15) is 18.3 Å². The monoisotopic (exact) mass is 523 g/mol. The zero-order chi connectivity index (χ0) is 25.9. The van der Waals surface area contributed by atoms with Crippen LogP contribution in [0.25, 0.3) is 0 Å². The molecule has 0 unspecified atom stereocenters. The third-order valence-electron chi connectivity index (χ3n) is 6.38. The fourth-order valence-electron chi connectivity index (χ4n) is 4.05. The van der Waals surface area contributed by atoms with Gasteiger partial charge in [-0.15, -0.1) is 0 Å². The normalized spacial score (nSPS) is 19.9. The van der Waals surface area contributed by atoms with Crippen LogP contribution in [0, 0.1) is 5.92 Å². The van der Waals surface area contributed by atoms with Gasteiger partial charge in [0.15, 0.2) is 0 Å². The molecule has 3 rings (SSSR count). The zero-order valence-corrected chi connectivity index (χ0v) is 22.4. The Morgan fingerprint density at radius 3 is 2.43 bits per heavy atom. The van der Waals surface area contributed by atoms with Gasteiger partial charge in [0.05, 0.1) is 30.5 Å². The number of rotatable bonds is 7. The second-order valence-electron chi connectivity index (χ2n) is 9.31. The van der Waals surface area contributed by atoms with E-state index in [1.165, 1.54) is 23.5 Å². The second kappa shape index (κ2) is 11.2. The van der Waals surface area contributed by atoms with Gasteiger partial charge in [-0.2, -0.15) is 4.31 Å². The van der Waals surface area contributed by atoms with Gasteiger partial charge in [0.1, 0.15) is 11.9 Å². The minimum atomic E-state index is -3.78. The Labute approximate surface area is 213 Å². The number of halogens is 1. The Hall–Kier alpha value is -2.33. The van der Waals surface area contributed by atoms with Crippen LogP contribution < -0.4 is 9.64 Å². The van der Waals surface area contributed by atoms with E-state index in [-0.39, 0.29) is 42.3 Å². The molecule has 35 heavy (non-hydrogen) atoms. The topological polar surface area (TPSA) is 90.4 Å². The van der Waals surface area contributed by atoms with Gasteiger partial charge in [0.25, 0.3) is 0 Å². The number of hydrogen-bond acceptors (Lipinski definition) is 6. The van der Waals surface area contributed by atoms with Gasteiger partial charge in [-0.3, -0.25) is 4.79 Å². The Morgan fingerprint density at radius 2 is 1.83 bits per heavy atom. The standard InChI is InChI=1S/C25H34ClN3O5S/c1-17-14-29(18(2)16-30)25(31)13-19-12-21(27(3)4)8-11-23(19)34-24(17)15-28(5)35(32,33)22-9-6-20(26)7-10-22/h6-12,17-18,24,30H,13-16H2,1-5H3/t17-,18+,24-/m0/s1. The van der Waals surface area contributed by atoms with Crippen molar-refractivity contribution in [2.75, 3.05) is 45.7 Å². The van der Waals surface area contributed by atoms with Gasteiger partial charge < -0.3 is 19.6 Å². The fourth-order valence-corrected chi connectivity index (χ4v) is 5.36. The van der Waals surface area contributed by atoms with Crippen LogP contribution >= 0.6 is 11.6 Å². The molecule has 192 valence electrons. The lowest BCUT2D eigenvalue weighted by molar-refractivity contribution is -0.134. The van der Waals surface area contributed by atoms with Crippen LogP contribution in [-0.2, 0) is 21.2 Å². The molecule has 0 aliphatic carbocycles. The highest BCUT2D eigenvalue weighted by Crippen LogP contribution is 2.30. The number of amides is 1. The SMILES string of the molecule is C[C@H](CO)N1C[C@H](C)[C@H](CN(C)S(=O)(=O)c2ccc(Cl)cc2)Oc2ccc(N(C)C)cc2CC1=O. The maximum Gasteiger partial charge on any atom is 0.242 e. The largest absolute Gasteiger partial charge is 0.488 e. The van der Waals surface area contributed by atoms with Crippen LogP contribution in [0.2, 0.25) is 5.02 Å². The zero-order valence-electron chi connectivity index (χ0n) is 20.8. The fraction of sp³-hybridized carbons (Fsp3) is 0.480. The van der Waals surface area contributed by atoms with Crippen LogP contribution in [-0.4, -0.2) is 81.6 Å². The molecule has 3 atom stereocenters. The van der Waals surface area contributed by atoms with E-state index in [0.29, 0.717) is 17.3 Å². The minimum Gasteiger partial charge on any atom is -0.488 e. The molecule has 0 saturated carbocycles. The molecule has 2 aromatic carbocycles. The predicted octanol–water partition coefficient (Wildman–Crippen LogP) is 2.88. The molecule has 8 nitrogen and oxygen atoms in total. The van der Waals surface area contributed by atoms with E-state index >= 15 is 0 Å². The van der Waals surface area contributed by atoms with E-state index in [1.807, 2.05) is 44.1 Å². The van der Waals surface area contributed by atoms with Crippen LogP contribution in [0.1, 0.15) is 19.4 Å². The van der Waals surface area contributed by atoms with E-state index < -0.39 is 16.1 Å². The summed E-state index contributed by atoms with van der Waals surface area (Å²) in [5, 5.41) is 10.2. The summed E-state index contributed by atoms with van der Waals surface area (Å²) in [7, 11) is 1.57. The molecule has 0 fully saturated rings. The average Bonchev–Trinajstić information content (AvgIpc) is 2.86. The predicted molar refractivity (Wildman–Crippen MR) is 138 cm³/mol. The summed E-state index contributed by atoms with van der Waals surface area (Å²) in [4.78, 5) is 17.0. The van der Waals surface area contributed by atoms with Crippen molar-refractivity contribution >= 4 is 33.2 Å². The number of sulfonamides is 1. The summed E-state index contributed by atoms with van der Waals surface area (Å²) in [5.74, 6) is 0.230. The molecule has 0 aromatic heterocycles. The van der Waals surface area contributed by atoms with E-state index in [2.05, 4.69) is 0 Å². The van der Waals surface area contributed by atoms with Crippen molar-refractivity contribution in [1.82, 2.24) is 9.21 Å². The number of carbonyl (C=O) groups excluding carboxylic acids is 1. The molecule has 0 saturated heterocycles. The van der Waals surface area contributed by atoms with Crippen LogP contribution in [0.3, 0.4) is 0 Å². The summed E-state index contributed by atoms with van der Waals surface area (Å²) in [5.41, 5.74) is 1.65. The Morgan fingerprint density at radius 1 is 1.17 bits per heavy atom. The van der Waals surface area contributed by atoms with E-state index in [1.54, 1.807) is 24.0 Å². The third-order valence-corrected chi connectivity index (χ3v) is 8.46. The number of ether oxygens (including phenoxy) is 1. The smallest absolute Gasteiger partial charge is 0.242 e. The van der Waals surface area contributed by atoms with Crippen molar-refractivity contribution < 1.29 is 23.1 Å². The molecule has 1 amide bonds. The summed E-state index contributed by atoms with van der Waals surface area (Å²) in [6.45, 7) is 3.97. The Balaban J connectivity index is 1.97. The molecule has 1 aliphatic rings. The molecule has 1 heterocycles. The van der Waals surface area contributed by atoms with Gasteiger partial charge >= 0.3 is 0 Å². The first-order valence-electron chi connectivity index (χ1n) is 11.5. The third kappa shape index (κ3) is 6.27. The van der Waals surface area contributed by atoms with Gasteiger partial charge in [-0.25, -0.2) is 8.42 Å².